The van der Waals surface area contributed by atoms with Gasteiger partial charge in [-0.3, -0.25) is 9.48 Å². The second kappa shape index (κ2) is 6.80. The molecular weight excluding hydrogens is 272 g/mol. The first-order valence-electron chi connectivity index (χ1n) is 6.63. The lowest BCUT2D eigenvalue weighted by molar-refractivity contribution is 0.102. The fourth-order valence-corrected chi connectivity index (χ4v) is 1.63. The van der Waals surface area contributed by atoms with E-state index in [1.807, 2.05) is 13.8 Å². The van der Waals surface area contributed by atoms with Gasteiger partial charge in [0.15, 0.2) is 5.69 Å². The molecule has 0 aromatic carbocycles. The maximum absolute atomic E-state index is 12.1. The fourth-order valence-electron chi connectivity index (χ4n) is 1.63. The Labute approximate surface area is 122 Å². The summed E-state index contributed by atoms with van der Waals surface area (Å²) >= 11 is 0. The Morgan fingerprint density at radius 3 is 3.05 bits per heavy atom. The van der Waals surface area contributed by atoms with Gasteiger partial charge in [0.1, 0.15) is 5.69 Å². The molecule has 0 radical (unpaired) electrons. The SMILES string of the molecule is CC(C)Oc1ncccc1NC(=O)c1cn(CCN)nn1. The number of carbonyl (C=O) groups excluding carboxylic acids is 1. The van der Waals surface area contributed by atoms with Gasteiger partial charge >= 0.3 is 0 Å². The van der Waals surface area contributed by atoms with Crippen LogP contribution in [-0.4, -0.2) is 38.5 Å². The lowest BCUT2D eigenvalue weighted by Gasteiger charge is -2.12. The Hall–Kier alpha value is -2.48. The molecule has 0 bridgehead atoms. The summed E-state index contributed by atoms with van der Waals surface area (Å²) in [4.78, 5) is 16.2. The number of carbonyl (C=O) groups is 1. The summed E-state index contributed by atoms with van der Waals surface area (Å²) in [6, 6.07) is 3.43. The van der Waals surface area contributed by atoms with E-state index in [-0.39, 0.29) is 17.7 Å². The molecule has 3 N–H and O–H groups in total. The number of hydrogen-bond donors (Lipinski definition) is 2. The molecule has 2 aromatic heterocycles. The largest absolute Gasteiger partial charge is 0.473 e. The van der Waals surface area contributed by atoms with Crippen LogP contribution in [0.15, 0.2) is 24.5 Å². The maximum atomic E-state index is 12.1. The lowest BCUT2D eigenvalue weighted by Crippen LogP contribution is -2.15. The van der Waals surface area contributed by atoms with E-state index in [4.69, 9.17) is 10.5 Å². The van der Waals surface area contributed by atoms with Crippen LogP contribution in [0.3, 0.4) is 0 Å². The quantitative estimate of drug-likeness (QED) is 0.809. The van der Waals surface area contributed by atoms with Crippen molar-refractivity contribution in [2.24, 2.45) is 5.73 Å². The third kappa shape index (κ3) is 3.99. The van der Waals surface area contributed by atoms with E-state index in [1.165, 1.54) is 4.68 Å². The Kier molecular flexibility index (Phi) is 4.83. The molecule has 0 saturated carbocycles. The number of aromatic nitrogens is 4. The Morgan fingerprint density at radius 1 is 1.52 bits per heavy atom. The number of pyridine rings is 1. The molecular formula is C13H18N6O2. The summed E-state index contributed by atoms with van der Waals surface area (Å²) < 4.78 is 7.06. The Morgan fingerprint density at radius 2 is 2.33 bits per heavy atom. The maximum Gasteiger partial charge on any atom is 0.277 e. The molecule has 0 aliphatic heterocycles. The molecule has 0 spiro atoms. The number of nitrogens with one attached hydrogen (secondary N) is 1. The molecule has 0 atom stereocenters. The highest BCUT2D eigenvalue weighted by atomic mass is 16.5. The number of nitrogens with two attached hydrogens (primary N) is 1. The van der Waals surface area contributed by atoms with Gasteiger partial charge in [-0.05, 0) is 26.0 Å². The van der Waals surface area contributed by atoms with Gasteiger partial charge in [-0.25, -0.2) is 4.98 Å². The van der Waals surface area contributed by atoms with Gasteiger partial charge in [0.05, 0.1) is 18.8 Å². The lowest BCUT2D eigenvalue weighted by atomic mass is 10.3. The number of amides is 1. The van der Waals surface area contributed by atoms with Crippen molar-refractivity contribution in [2.75, 3.05) is 11.9 Å². The highest BCUT2D eigenvalue weighted by molar-refractivity contribution is 6.03. The number of anilines is 1. The van der Waals surface area contributed by atoms with E-state index in [9.17, 15) is 4.79 Å². The van der Waals surface area contributed by atoms with Crippen molar-refractivity contribution in [2.45, 2.75) is 26.5 Å². The van der Waals surface area contributed by atoms with Crippen molar-refractivity contribution >= 4 is 11.6 Å². The second-order valence-corrected chi connectivity index (χ2v) is 4.63. The third-order valence-corrected chi connectivity index (χ3v) is 2.50. The molecule has 0 aliphatic carbocycles. The number of hydrogen-bond acceptors (Lipinski definition) is 6. The topological polar surface area (TPSA) is 108 Å². The van der Waals surface area contributed by atoms with Gasteiger partial charge in [0.2, 0.25) is 5.88 Å². The van der Waals surface area contributed by atoms with Gasteiger partial charge in [-0.15, -0.1) is 5.10 Å². The molecule has 0 unspecified atom stereocenters. The summed E-state index contributed by atoms with van der Waals surface area (Å²) in [5, 5.41) is 10.3. The summed E-state index contributed by atoms with van der Waals surface area (Å²) in [6.07, 6.45) is 3.10. The highest BCUT2D eigenvalue weighted by Gasteiger charge is 2.14. The molecule has 0 aliphatic rings. The minimum Gasteiger partial charge on any atom is -0.473 e. The van der Waals surface area contributed by atoms with Crippen molar-refractivity contribution in [3.05, 3.63) is 30.2 Å². The van der Waals surface area contributed by atoms with E-state index in [1.54, 1.807) is 24.5 Å². The van der Waals surface area contributed by atoms with Crippen molar-refractivity contribution in [3.8, 4) is 5.88 Å². The van der Waals surface area contributed by atoms with Gasteiger partial charge in [-0.2, -0.15) is 0 Å². The highest BCUT2D eigenvalue weighted by Crippen LogP contribution is 2.22. The average Bonchev–Trinajstić information content (AvgIpc) is 2.89. The van der Waals surface area contributed by atoms with Crippen molar-refractivity contribution in [1.82, 2.24) is 20.0 Å². The van der Waals surface area contributed by atoms with E-state index in [0.717, 1.165) is 0 Å². The summed E-state index contributed by atoms with van der Waals surface area (Å²) in [6.45, 7) is 4.71. The molecule has 2 aromatic rings. The normalized spacial score (nSPS) is 10.7. The van der Waals surface area contributed by atoms with Crippen LogP contribution in [-0.2, 0) is 6.54 Å². The minimum atomic E-state index is -0.375. The molecule has 0 fully saturated rings. The number of ether oxygens (including phenoxy) is 1. The zero-order chi connectivity index (χ0) is 15.2. The minimum absolute atomic E-state index is 0.0408. The first kappa shape index (κ1) is 14.9. The van der Waals surface area contributed by atoms with Crippen LogP contribution < -0.4 is 15.8 Å². The number of rotatable bonds is 6. The van der Waals surface area contributed by atoms with Crippen molar-refractivity contribution < 1.29 is 9.53 Å². The molecule has 112 valence electrons. The smallest absolute Gasteiger partial charge is 0.277 e. The Bertz CT molecular complexity index is 610. The van der Waals surface area contributed by atoms with Crippen LogP contribution in [0, 0.1) is 0 Å². The van der Waals surface area contributed by atoms with Crippen LogP contribution in [0.4, 0.5) is 5.69 Å². The van der Waals surface area contributed by atoms with Crippen LogP contribution in [0.1, 0.15) is 24.3 Å². The Balaban J connectivity index is 2.11. The van der Waals surface area contributed by atoms with Gasteiger partial charge in [0.25, 0.3) is 5.91 Å². The molecule has 1 amide bonds. The zero-order valence-corrected chi connectivity index (χ0v) is 12.0. The van der Waals surface area contributed by atoms with E-state index in [0.29, 0.717) is 24.7 Å². The molecule has 2 heterocycles. The van der Waals surface area contributed by atoms with Gasteiger partial charge in [-0.1, -0.05) is 5.21 Å². The first-order valence-corrected chi connectivity index (χ1v) is 6.63. The van der Waals surface area contributed by atoms with Crippen LogP contribution in [0.25, 0.3) is 0 Å². The molecule has 8 nitrogen and oxygen atoms in total. The van der Waals surface area contributed by atoms with Crippen molar-refractivity contribution in [1.29, 1.82) is 0 Å². The van der Waals surface area contributed by atoms with Gasteiger partial charge in [0, 0.05) is 12.7 Å². The summed E-state index contributed by atoms with van der Waals surface area (Å²) in [5.41, 5.74) is 6.12. The molecule has 21 heavy (non-hydrogen) atoms. The van der Waals surface area contributed by atoms with Crippen LogP contribution in [0.2, 0.25) is 0 Å². The van der Waals surface area contributed by atoms with Crippen molar-refractivity contribution in [3.63, 3.8) is 0 Å². The predicted octanol–water partition coefficient (Wildman–Crippen LogP) is 0.671. The van der Waals surface area contributed by atoms with Gasteiger partial charge < -0.3 is 15.8 Å². The average molecular weight is 290 g/mol. The van der Waals surface area contributed by atoms with E-state index < -0.39 is 0 Å². The molecule has 8 heteroatoms. The van der Waals surface area contributed by atoms with E-state index >= 15 is 0 Å². The van der Waals surface area contributed by atoms with Crippen LogP contribution in [0.5, 0.6) is 5.88 Å². The zero-order valence-electron chi connectivity index (χ0n) is 12.0. The number of nitrogens with zero attached hydrogens (tertiary/aromatic N) is 4. The summed E-state index contributed by atoms with van der Waals surface area (Å²) in [7, 11) is 0. The molecule has 2 rings (SSSR count). The van der Waals surface area contributed by atoms with Crippen LogP contribution >= 0.6 is 0 Å². The standard InChI is InChI=1S/C13H18N6O2/c1-9(2)21-13-10(4-3-6-15-13)16-12(20)11-8-19(7-5-14)18-17-11/h3-4,6,8-9H,5,7,14H2,1-2H3,(H,16,20). The predicted molar refractivity (Wildman–Crippen MR) is 77.0 cm³/mol. The second-order valence-electron chi connectivity index (χ2n) is 4.63. The van der Waals surface area contributed by atoms with E-state index in [2.05, 4.69) is 20.6 Å². The first-order chi connectivity index (χ1) is 10.1. The third-order valence-electron chi connectivity index (χ3n) is 2.50. The molecule has 0 saturated heterocycles. The fraction of sp³-hybridized carbons (Fsp3) is 0.385. The summed E-state index contributed by atoms with van der Waals surface area (Å²) in [5.74, 6) is -0.00456. The monoisotopic (exact) mass is 290 g/mol.